The van der Waals surface area contributed by atoms with Crippen LogP contribution in [-0.2, 0) is 4.79 Å². The van der Waals surface area contributed by atoms with Gasteiger partial charge in [-0.2, -0.15) is 0 Å². The van der Waals surface area contributed by atoms with Crippen LogP contribution >= 0.6 is 0 Å². The Kier molecular flexibility index (Phi) is 5.56. The van der Waals surface area contributed by atoms with E-state index < -0.39 is 0 Å². The first-order valence-electron chi connectivity index (χ1n) is 8.73. The zero-order valence-corrected chi connectivity index (χ0v) is 14.6. The van der Waals surface area contributed by atoms with Crippen molar-refractivity contribution in [3.8, 4) is 5.75 Å². The lowest BCUT2D eigenvalue weighted by Gasteiger charge is -2.36. The van der Waals surface area contributed by atoms with Crippen LogP contribution < -0.4 is 10.2 Å². The predicted octanol–water partition coefficient (Wildman–Crippen LogP) is 2.39. The number of aromatic hydroxyl groups is 1. The largest absolute Gasteiger partial charge is 0.506 e. The molecule has 1 amide bonds. The molecule has 5 nitrogen and oxygen atoms in total. The van der Waals surface area contributed by atoms with Gasteiger partial charge in [-0.3, -0.25) is 9.69 Å². The molecule has 0 spiro atoms. The second-order valence-corrected chi connectivity index (χ2v) is 6.45. The van der Waals surface area contributed by atoms with Crippen LogP contribution in [0.4, 0.5) is 5.69 Å². The monoisotopic (exact) mass is 339 g/mol. The minimum Gasteiger partial charge on any atom is -0.506 e. The van der Waals surface area contributed by atoms with Crippen molar-refractivity contribution in [1.29, 1.82) is 0 Å². The first-order valence-corrected chi connectivity index (χ1v) is 8.73. The molecule has 132 valence electrons. The van der Waals surface area contributed by atoms with Gasteiger partial charge in [-0.25, -0.2) is 0 Å². The van der Waals surface area contributed by atoms with E-state index in [0.29, 0.717) is 12.3 Å². The smallest absolute Gasteiger partial charge is 0.234 e. The molecular formula is C20H25N3O2. The number of rotatable bonds is 5. The number of carbonyl (C=O) groups is 1. The highest BCUT2D eigenvalue weighted by atomic mass is 16.3. The van der Waals surface area contributed by atoms with E-state index in [-0.39, 0.29) is 11.9 Å². The predicted molar refractivity (Wildman–Crippen MR) is 99.8 cm³/mol. The van der Waals surface area contributed by atoms with Crippen LogP contribution in [0.3, 0.4) is 0 Å². The first kappa shape index (κ1) is 17.3. The molecule has 2 N–H and O–H groups in total. The topological polar surface area (TPSA) is 55.8 Å². The fourth-order valence-electron chi connectivity index (χ4n) is 3.19. The molecule has 25 heavy (non-hydrogen) atoms. The van der Waals surface area contributed by atoms with Gasteiger partial charge >= 0.3 is 0 Å². The van der Waals surface area contributed by atoms with Gasteiger partial charge in [-0.1, -0.05) is 42.5 Å². The summed E-state index contributed by atoms with van der Waals surface area (Å²) >= 11 is 0. The van der Waals surface area contributed by atoms with Crippen molar-refractivity contribution >= 4 is 11.6 Å². The zero-order chi connectivity index (χ0) is 17.6. The van der Waals surface area contributed by atoms with E-state index in [4.69, 9.17) is 0 Å². The van der Waals surface area contributed by atoms with Gasteiger partial charge < -0.3 is 15.3 Å². The highest BCUT2D eigenvalue weighted by Gasteiger charge is 2.21. The molecule has 0 saturated carbocycles. The van der Waals surface area contributed by atoms with Crippen LogP contribution in [0.15, 0.2) is 54.6 Å². The average molecular weight is 339 g/mol. The van der Waals surface area contributed by atoms with Crippen LogP contribution in [0.2, 0.25) is 0 Å². The van der Waals surface area contributed by atoms with Crippen molar-refractivity contribution in [3.63, 3.8) is 0 Å². The van der Waals surface area contributed by atoms with Crippen molar-refractivity contribution in [2.24, 2.45) is 0 Å². The number of carbonyl (C=O) groups excluding carboxylic acids is 1. The maximum absolute atomic E-state index is 12.3. The van der Waals surface area contributed by atoms with E-state index in [0.717, 1.165) is 37.4 Å². The molecular weight excluding hydrogens is 314 g/mol. The fourth-order valence-corrected chi connectivity index (χ4v) is 3.19. The highest BCUT2D eigenvalue weighted by molar-refractivity contribution is 5.78. The summed E-state index contributed by atoms with van der Waals surface area (Å²) in [7, 11) is 0. The molecule has 1 heterocycles. The third-order valence-corrected chi connectivity index (χ3v) is 4.64. The molecule has 0 unspecified atom stereocenters. The Morgan fingerprint density at radius 2 is 1.68 bits per heavy atom. The van der Waals surface area contributed by atoms with Crippen molar-refractivity contribution in [1.82, 2.24) is 10.2 Å². The summed E-state index contributed by atoms with van der Waals surface area (Å²) < 4.78 is 0. The van der Waals surface area contributed by atoms with E-state index in [1.807, 2.05) is 55.5 Å². The highest BCUT2D eigenvalue weighted by Crippen LogP contribution is 2.27. The molecule has 0 radical (unpaired) electrons. The van der Waals surface area contributed by atoms with E-state index in [1.54, 1.807) is 6.07 Å². The number of amides is 1. The van der Waals surface area contributed by atoms with Crippen LogP contribution in [0.25, 0.3) is 0 Å². The lowest BCUT2D eigenvalue weighted by atomic mass is 10.1. The summed E-state index contributed by atoms with van der Waals surface area (Å²) in [5.41, 5.74) is 1.98. The van der Waals surface area contributed by atoms with Gasteiger partial charge in [-0.15, -0.1) is 0 Å². The third-order valence-electron chi connectivity index (χ3n) is 4.64. The second kappa shape index (κ2) is 8.03. The molecule has 3 rings (SSSR count). The van der Waals surface area contributed by atoms with Gasteiger partial charge in [0.1, 0.15) is 5.75 Å². The van der Waals surface area contributed by atoms with Crippen LogP contribution in [0.1, 0.15) is 18.5 Å². The molecule has 0 aromatic heterocycles. The first-order chi connectivity index (χ1) is 12.1. The summed E-state index contributed by atoms with van der Waals surface area (Å²) in [6.07, 6.45) is 0. The molecule has 5 heteroatoms. The van der Waals surface area contributed by atoms with Crippen molar-refractivity contribution in [2.75, 3.05) is 37.6 Å². The Labute approximate surface area is 148 Å². The summed E-state index contributed by atoms with van der Waals surface area (Å²) in [4.78, 5) is 16.6. The summed E-state index contributed by atoms with van der Waals surface area (Å²) in [5.74, 6) is 0.359. The molecule has 1 fully saturated rings. The second-order valence-electron chi connectivity index (χ2n) is 6.45. The number of anilines is 1. The molecule has 1 aliphatic rings. The quantitative estimate of drug-likeness (QED) is 0.878. The number of phenolic OH excluding ortho intramolecular Hbond substituents is 1. The molecule has 2 aromatic rings. The lowest BCUT2D eigenvalue weighted by molar-refractivity contribution is -0.123. The molecule has 1 saturated heterocycles. The summed E-state index contributed by atoms with van der Waals surface area (Å²) in [6, 6.07) is 17.4. The normalized spacial score (nSPS) is 16.4. The SMILES string of the molecule is C[C@H](NC(=O)CN1CCN(c2ccccc2O)CC1)c1ccccc1. The molecule has 1 atom stereocenters. The number of hydrogen-bond donors (Lipinski definition) is 2. The van der Waals surface area contributed by atoms with Gasteiger partial charge in [-0.05, 0) is 24.6 Å². The summed E-state index contributed by atoms with van der Waals surface area (Å²) in [5, 5.41) is 13.0. The third kappa shape index (κ3) is 4.51. The minimum absolute atomic E-state index is 0.0104. The van der Waals surface area contributed by atoms with Gasteiger partial charge in [0.2, 0.25) is 5.91 Å². The van der Waals surface area contributed by atoms with E-state index in [9.17, 15) is 9.90 Å². The fraction of sp³-hybridized carbons (Fsp3) is 0.350. The number of benzene rings is 2. The Morgan fingerprint density at radius 3 is 2.36 bits per heavy atom. The number of para-hydroxylation sites is 2. The molecule has 0 bridgehead atoms. The van der Waals surface area contributed by atoms with Gasteiger partial charge in [0.05, 0.1) is 18.3 Å². The van der Waals surface area contributed by atoms with Gasteiger partial charge in [0, 0.05) is 26.2 Å². The van der Waals surface area contributed by atoms with Crippen molar-refractivity contribution in [3.05, 3.63) is 60.2 Å². The standard InChI is InChI=1S/C20H25N3O2/c1-16(17-7-3-2-4-8-17)21-20(25)15-22-11-13-23(14-12-22)18-9-5-6-10-19(18)24/h2-10,16,24H,11-15H2,1H3,(H,21,25)/t16-/m0/s1. The van der Waals surface area contributed by atoms with Gasteiger partial charge in [0.15, 0.2) is 0 Å². The number of piperazine rings is 1. The average Bonchev–Trinajstić information content (AvgIpc) is 2.63. The number of phenols is 1. The Balaban J connectivity index is 1.47. The zero-order valence-electron chi connectivity index (χ0n) is 14.6. The van der Waals surface area contributed by atoms with E-state index >= 15 is 0 Å². The molecule has 0 aliphatic carbocycles. The minimum atomic E-state index is 0.0104. The van der Waals surface area contributed by atoms with Crippen LogP contribution in [-0.4, -0.2) is 48.6 Å². The van der Waals surface area contributed by atoms with Crippen LogP contribution in [0.5, 0.6) is 5.75 Å². The van der Waals surface area contributed by atoms with Crippen LogP contribution in [0, 0.1) is 0 Å². The lowest BCUT2D eigenvalue weighted by Crippen LogP contribution is -2.49. The van der Waals surface area contributed by atoms with E-state index in [2.05, 4.69) is 15.1 Å². The number of hydrogen-bond acceptors (Lipinski definition) is 4. The Hall–Kier alpha value is -2.53. The Bertz CT molecular complexity index is 697. The maximum Gasteiger partial charge on any atom is 0.234 e. The maximum atomic E-state index is 12.3. The van der Waals surface area contributed by atoms with Crippen molar-refractivity contribution in [2.45, 2.75) is 13.0 Å². The summed E-state index contributed by atoms with van der Waals surface area (Å²) in [6.45, 7) is 5.64. The van der Waals surface area contributed by atoms with Crippen molar-refractivity contribution < 1.29 is 9.90 Å². The Morgan fingerprint density at radius 1 is 1.04 bits per heavy atom. The number of nitrogens with zero attached hydrogens (tertiary/aromatic N) is 2. The molecule has 1 aliphatic heterocycles. The molecule has 2 aromatic carbocycles. The van der Waals surface area contributed by atoms with E-state index in [1.165, 1.54) is 0 Å². The number of nitrogens with one attached hydrogen (secondary N) is 1. The van der Waals surface area contributed by atoms with Gasteiger partial charge in [0.25, 0.3) is 0 Å².